The van der Waals surface area contributed by atoms with E-state index in [0.29, 0.717) is 36.9 Å². The molecule has 2 atom stereocenters. The molecular weight excluding hydrogens is 337 g/mol. The smallest absolute Gasteiger partial charge is 0.231 e. The number of rotatable bonds is 5. The van der Waals surface area contributed by atoms with Gasteiger partial charge in [0.15, 0.2) is 0 Å². The van der Waals surface area contributed by atoms with Gasteiger partial charge in [0.2, 0.25) is 11.7 Å². The summed E-state index contributed by atoms with van der Waals surface area (Å²) >= 11 is 0. The third kappa shape index (κ3) is 3.33. The predicted octanol–water partition coefficient (Wildman–Crippen LogP) is 1.87. The SMILES string of the molecule is OC[C@@H]1CN(Cc2ccncc2F)C[C@H]1c1nc(-c2cccnc2)no1. The molecular formula is C18H18FN5O2. The van der Waals surface area contributed by atoms with E-state index >= 15 is 0 Å². The Labute approximate surface area is 149 Å². The van der Waals surface area contributed by atoms with Crippen LogP contribution in [0.15, 0.2) is 47.5 Å². The van der Waals surface area contributed by atoms with Crippen molar-refractivity contribution in [2.75, 3.05) is 19.7 Å². The van der Waals surface area contributed by atoms with Crippen LogP contribution in [0.3, 0.4) is 0 Å². The van der Waals surface area contributed by atoms with Crippen molar-refractivity contribution in [1.29, 1.82) is 0 Å². The molecule has 1 N–H and O–H groups in total. The van der Waals surface area contributed by atoms with Gasteiger partial charge in [-0.15, -0.1) is 0 Å². The molecule has 3 aromatic rings. The zero-order valence-electron chi connectivity index (χ0n) is 14.0. The summed E-state index contributed by atoms with van der Waals surface area (Å²) in [5.41, 5.74) is 1.36. The highest BCUT2D eigenvalue weighted by atomic mass is 19.1. The summed E-state index contributed by atoms with van der Waals surface area (Å²) in [7, 11) is 0. The fourth-order valence-electron chi connectivity index (χ4n) is 3.33. The van der Waals surface area contributed by atoms with E-state index < -0.39 is 0 Å². The number of aliphatic hydroxyl groups excluding tert-OH is 1. The van der Waals surface area contributed by atoms with Crippen molar-refractivity contribution in [3.05, 3.63) is 60.3 Å². The number of hydrogen-bond donors (Lipinski definition) is 1. The predicted molar refractivity (Wildman–Crippen MR) is 90.3 cm³/mol. The molecule has 0 spiro atoms. The summed E-state index contributed by atoms with van der Waals surface area (Å²) in [6.07, 6.45) is 6.14. The second-order valence-electron chi connectivity index (χ2n) is 6.41. The number of aliphatic hydroxyl groups is 1. The minimum absolute atomic E-state index is 0.00456. The lowest BCUT2D eigenvalue weighted by atomic mass is 9.97. The van der Waals surface area contributed by atoms with E-state index in [4.69, 9.17) is 4.52 Å². The second-order valence-corrected chi connectivity index (χ2v) is 6.41. The number of likely N-dealkylation sites (tertiary alicyclic amines) is 1. The van der Waals surface area contributed by atoms with Crippen LogP contribution in [0.2, 0.25) is 0 Å². The minimum Gasteiger partial charge on any atom is -0.396 e. The molecule has 7 nitrogen and oxygen atoms in total. The minimum atomic E-state index is -0.326. The highest BCUT2D eigenvalue weighted by molar-refractivity contribution is 5.51. The van der Waals surface area contributed by atoms with Crippen LogP contribution in [-0.2, 0) is 6.54 Å². The number of aromatic nitrogens is 4. The van der Waals surface area contributed by atoms with Gasteiger partial charge in [-0.1, -0.05) is 5.16 Å². The Morgan fingerprint density at radius 3 is 2.85 bits per heavy atom. The molecule has 0 amide bonds. The maximum absolute atomic E-state index is 13.8. The molecule has 4 heterocycles. The van der Waals surface area contributed by atoms with E-state index in [0.717, 1.165) is 5.56 Å². The Hall–Kier alpha value is -2.71. The molecule has 0 bridgehead atoms. The van der Waals surface area contributed by atoms with Gasteiger partial charge < -0.3 is 9.63 Å². The van der Waals surface area contributed by atoms with Crippen LogP contribution in [0.25, 0.3) is 11.4 Å². The molecule has 134 valence electrons. The Morgan fingerprint density at radius 1 is 1.19 bits per heavy atom. The lowest BCUT2D eigenvalue weighted by Gasteiger charge is -2.15. The van der Waals surface area contributed by atoms with Gasteiger partial charge in [-0.2, -0.15) is 4.98 Å². The van der Waals surface area contributed by atoms with Crippen LogP contribution in [0.1, 0.15) is 17.4 Å². The van der Waals surface area contributed by atoms with Crippen molar-refractivity contribution in [3.63, 3.8) is 0 Å². The molecule has 26 heavy (non-hydrogen) atoms. The molecule has 1 aliphatic heterocycles. The Bertz CT molecular complexity index is 873. The normalized spacial score (nSPS) is 20.5. The van der Waals surface area contributed by atoms with Crippen molar-refractivity contribution in [2.45, 2.75) is 12.5 Å². The van der Waals surface area contributed by atoms with Crippen molar-refractivity contribution in [2.24, 2.45) is 5.92 Å². The van der Waals surface area contributed by atoms with Crippen LogP contribution < -0.4 is 0 Å². The first kappa shape index (κ1) is 16.7. The zero-order valence-corrected chi connectivity index (χ0v) is 14.0. The third-order valence-corrected chi connectivity index (χ3v) is 4.68. The first-order valence-corrected chi connectivity index (χ1v) is 8.40. The van der Waals surface area contributed by atoms with Gasteiger partial charge in [0.05, 0.1) is 12.1 Å². The van der Waals surface area contributed by atoms with Gasteiger partial charge in [0.25, 0.3) is 0 Å². The summed E-state index contributed by atoms with van der Waals surface area (Å²) in [5.74, 6) is 0.502. The Kier molecular flexibility index (Phi) is 4.68. The highest BCUT2D eigenvalue weighted by Crippen LogP contribution is 2.33. The third-order valence-electron chi connectivity index (χ3n) is 4.68. The maximum atomic E-state index is 13.8. The summed E-state index contributed by atoms with van der Waals surface area (Å²) in [6, 6.07) is 5.34. The van der Waals surface area contributed by atoms with Crippen molar-refractivity contribution >= 4 is 0 Å². The van der Waals surface area contributed by atoms with Gasteiger partial charge in [-0.05, 0) is 18.2 Å². The van der Waals surface area contributed by atoms with Crippen LogP contribution in [0.4, 0.5) is 4.39 Å². The summed E-state index contributed by atoms with van der Waals surface area (Å²) in [6.45, 7) is 1.70. The van der Waals surface area contributed by atoms with E-state index in [9.17, 15) is 9.50 Å². The number of hydrogen-bond acceptors (Lipinski definition) is 7. The zero-order chi connectivity index (χ0) is 17.9. The molecule has 1 saturated heterocycles. The van der Waals surface area contributed by atoms with Crippen molar-refractivity contribution in [3.8, 4) is 11.4 Å². The molecule has 0 saturated carbocycles. The second kappa shape index (κ2) is 7.27. The lowest BCUT2D eigenvalue weighted by molar-refractivity contribution is 0.204. The summed E-state index contributed by atoms with van der Waals surface area (Å²) in [5, 5.41) is 13.8. The van der Waals surface area contributed by atoms with Crippen LogP contribution in [0.5, 0.6) is 0 Å². The fraction of sp³-hybridized carbons (Fsp3) is 0.333. The number of pyridine rings is 2. The average molecular weight is 355 g/mol. The van der Waals surface area contributed by atoms with Gasteiger partial charge in [-0.25, -0.2) is 4.39 Å². The number of halogens is 1. The Morgan fingerprint density at radius 2 is 2.08 bits per heavy atom. The van der Waals surface area contributed by atoms with E-state index in [2.05, 4.69) is 25.0 Å². The van der Waals surface area contributed by atoms with Crippen molar-refractivity contribution < 1.29 is 14.0 Å². The first-order valence-electron chi connectivity index (χ1n) is 8.40. The quantitative estimate of drug-likeness (QED) is 0.747. The summed E-state index contributed by atoms with van der Waals surface area (Å²) in [4.78, 5) is 14.4. The largest absolute Gasteiger partial charge is 0.396 e. The molecule has 8 heteroatoms. The van der Waals surface area contributed by atoms with Gasteiger partial charge in [-0.3, -0.25) is 14.9 Å². The molecule has 0 radical (unpaired) electrons. The lowest BCUT2D eigenvalue weighted by Crippen LogP contribution is -2.21. The van der Waals surface area contributed by atoms with Crippen LogP contribution in [0, 0.1) is 11.7 Å². The summed E-state index contributed by atoms with van der Waals surface area (Å²) < 4.78 is 19.3. The molecule has 3 aromatic heterocycles. The highest BCUT2D eigenvalue weighted by Gasteiger charge is 2.37. The van der Waals surface area contributed by atoms with E-state index in [1.54, 1.807) is 24.7 Å². The monoisotopic (exact) mass is 355 g/mol. The number of nitrogens with zero attached hydrogens (tertiary/aromatic N) is 5. The fourth-order valence-corrected chi connectivity index (χ4v) is 3.33. The average Bonchev–Trinajstić information content (AvgIpc) is 3.31. The molecule has 4 rings (SSSR count). The van der Waals surface area contributed by atoms with E-state index in [1.165, 1.54) is 6.20 Å². The standard InChI is InChI=1S/C18H18FN5O2/c19-16-7-21-5-3-13(16)8-24-9-14(11-25)15(10-24)18-22-17(23-26-18)12-2-1-4-20-6-12/h1-7,14-15,25H,8-11H2/t14-,15+/m0/s1. The van der Waals surface area contributed by atoms with Gasteiger partial charge in [0.1, 0.15) is 5.82 Å². The molecule has 0 aliphatic carbocycles. The van der Waals surface area contributed by atoms with Crippen LogP contribution >= 0.6 is 0 Å². The molecule has 1 fully saturated rings. The topological polar surface area (TPSA) is 88.2 Å². The molecule has 0 unspecified atom stereocenters. The van der Waals surface area contributed by atoms with Crippen molar-refractivity contribution in [1.82, 2.24) is 25.0 Å². The van der Waals surface area contributed by atoms with E-state index in [-0.39, 0.29) is 24.3 Å². The Balaban J connectivity index is 1.51. The molecule has 0 aromatic carbocycles. The molecule has 1 aliphatic rings. The van der Waals surface area contributed by atoms with E-state index in [1.807, 2.05) is 12.1 Å². The maximum Gasteiger partial charge on any atom is 0.231 e. The van der Waals surface area contributed by atoms with Gasteiger partial charge >= 0.3 is 0 Å². The first-order chi connectivity index (χ1) is 12.7. The van der Waals surface area contributed by atoms with Gasteiger partial charge in [0, 0.05) is 61.9 Å². The van der Waals surface area contributed by atoms with Crippen LogP contribution in [-0.4, -0.2) is 49.8 Å².